The van der Waals surface area contributed by atoms with Gasteiger partial charge in [0.15, 0.2) is 0 Å². The van der Waals surface area contributed by atoms with Gasteiger partial charge in [0.1, 0.15) is 17.7 Å². The van der Waals surface area contributed by atoms with Crippen LogP contribution in [0.3, 0.4) is 0 Å². The summed E-state index contributed by atoms with van der Waals surface area (Å²) in [5, 5.41) is 24.0. The number of aromatic amines is 1. The fourth-order valence-electron chi connectivity index (χ4n) is 3.97. The van der Waals surface area contributed by atoms with E-state index < -0.39 is 0 Å². The molecule has 172 valence electrons. The molecule has 1 atom stereocenters. The third-order valence-corrected chi connectivity index (χ3v) is 5.73. The van der Waals surface area contributed by atoms with Gasteiger partial charge in [-0.1, -0.05) is 12.1 Å². The Bertz CT molecular complexity index is 1330. The second-order valence-electron chi connectivity index (χ2n) is 7.89. The molecular weight excluding hydrogens is 436 g/mol. The zero-order valence-corrected chi connectivity index (χ0v) is 18.4. The Morgan fingerprint density at radius 1 is 1.18 bits per heavy atom. The van der Waals surface area contributed by atoms with E-state index in [1.165, 1.54) is 12.4 Å². The number of fused-ring (bicyclic) bond motifs is 1. The number of nitrogens with one attached hydrogen (secondary N) is 3. The van der Waals surface area contributed by atoms with Crippen molar-refractivity contribution in [2.45, 2.75) is 38.9 Å². The van der Waals surface area contributed by atoms with Crippen molar-refractivity contribution in [1.29, 1.82) is 0 Å². The average molecular weight is 458 g/mol. The summed E-state index contributed by atoms with van der Waals surface area (Å²) in [5.74, 6) is -0.219. The van der Waals surface area contributed by atoms with Crippen LogP contribution in [-0.4, -0.2) is 52.2 Å². The minimum absolute atomic E-state index is 0.125. The fourth-order valence-corrected chi connectivity index (χ4v) is 3.97. The van der Waals surface area contributed by atoms with Crippen LogP contribution in [0.25, 0.3) is 11.4 Å². The summed E-state index contributed by atoms with van der Waals surface area (Å²) in [7, 11) is 0. The smallest absolute Gasteiger partial charge is 0.270 e. The van der Waals surface area contributed by atoms with Crippen molar-refractivity contribution in [3.8, 4) is 11.4 Å². The van der Waals surface area contributed by atoms with Gasteiger partial charge in [-0.2, -0.15) is 10.3 Å². The maximum atomic E-state index is 12.9. The number of rotatable bonds is 7. The van der Waals surface area contributed by atoms with Crippen LogP contribution < -0.4 is 10.6 Å². The first-order chi connectivity index (χ1) is 16.6. The number of hydrogen-bond donors (Lipinski definition) is 3. The normalized spacial score (nSPS) is 14.6. The van der Waals surface area contributed by atoms with E-state index in [1.807, 2.05) is 31.3 Å². The summed E-state index contributed by atoms with van der Waals surface area (Å²) in [6.45, 7) is 3.05. The van der Waals surface area contributed by atoms with Gasteiger partial charge < -0.3 is 10.6 Å². The van der Waals surface area contributed by atoms with Crippen molar-refractivity contribution in [1.82, 2.24) is 51.0 Å². The van der Waals surface area contributed by atoms with E-state index in [1.54, 1.807) is 10.9 Å². The van der Waals surface area contributed by atoms with Crippen LogP contribution in [0.2, 0.25) is 0 Å². The molecule has 34 heavy (non-hydrogen) atoms. The Labute approximate surface area is 194 Å². The number of H-pyrrole nitrogens is 1. The van der Waals surface area contributed by atoms with Crippen LogP contribution in [0.5, 0.6) is 0 Å². The van der Waals surface area contributed by atoms with Crippen LogP contribution in [-0.2, 0) is 19.5 Å². The maximum absolute atomic E-state index is 12.9. The van der Waals surface area contributed by atoms with Gasteiger partial charge in [-0.15, -0.1) is 10.2 Å². The second-order valence-corrected chi connectivity index (χ2v) is 7.89. The number of aromatic nitrogens is 8. The molecule has 1 aliphatic carbocycles. The molecule has 0 fully saturated rings. The van der Waals surface area contributed by atoms with Crippen molar-refractivity contribution in [3.05, 3.63) is 71.1 Å². The predicted molar refractivity (Wildman–Crippen MR) is 119 cm³/mol. The highest BCUT2D eigenvalue weighted by Crippen LogP contribution is 2.33. The molecule has 3 aromatic heterocycles. The van der Waals surface area contributed by atoms with E-state index >= 15 is 0 Å². The van der Waals surface area contributed by atoms with E-state index in [0.29, 0.717) is 12.4 Å². The molecule has 0 radical (unpaired) electrons. The van der Waals surface area contributed by atoms with Gasteiger partial charge in [-0.05, 0) is 42.2 Å². The van der Waals surface area contributed by atoms with E-state index in [4.69, 9.17) is 0 Å². The lowest BCUT2D eigenvalue weighted by atomic mass is 10.0. The Morgan fingerprint density at radius 2 is 2.03 bits per heavy atom. The standard InChI is InChI=1S/C22H22N10O2/c1-2-32-11-13(10-26-32)9-23-21(33)18-8-19(25-12-24-18)22(34)27-17-6-4-14-7-15(3-5-16(14)17)20-28-30-31-29-20/h3,5,7-8,10-12,17H,2,4,6,9H2,1H3,(H,23,33)(H,27,34)(H,28,29,30,31)/t17-/m0/s1. The molecule has 12 nitrogen and oxygen atoms in total. The first kappa shape index (κ1) is 21.4. The highest BCUT2D eigenvalue weighted by molar-refractivity contribution is 5.97. The molecule has 4 aromatic rings. The molecule has 3 N–H and O–H groups in total. The number of carbonyl (C=O) groups excluding carboxylic acids is 2. The van der Waals surface area contributed by atoms with Gasteiger partial charge in [0.25, 0.3) is 11.8 Å². The molecule has 0 saturated carbocycles. The fraction of sp³-hybridized carbons (Fsp3) is 0.273. The number of amides is 2. The second kappa shape index (κ2) is 9.17. The van der Waals surface area contributed by atoms with Gasteiger partial charge in [0.05, 0.1) is 12.2 Å². The molecule has 2 amide bonds. The van der Waals surface area contributed by atoms with E-state index in [9.17, 15) is 9.59 Å². The van der Waals surface area contributed by atoms with Crippen molar-refractivity contribution >= 4 is 11.8 Å². The largest absolute Gasteiger partial charge is 0.347 e. The molecule has 0 saturated heterocycles. The Morgan fingerprint density at radius 3 is 2.79 bits per heavy atom. The number of carbonyl (C=O) groups is 2. The van der Waals surface area contributed by atoms with Crippen LogP contribution in [0, 0.1) is 0 Å². The van der Waals surface area contributed by atoms with Gasteiger partial charge in [0.2, 0.25) is 5.82 Å². The van der Waals surface area contributed by atoms with Crippen molar-refractivity contribution in [3.63, 3.8) is 0 Å². The van der Waals surface area contributed by atoms with Crippen molar-refractivity contribution in [2.75, 3.05) is 0 Å². The lowest BCUT2D eigenvalue weighted by Gasteiger charge is -2.14. The van der Waals surface area contributed by atoms with Crippen molar-refractivity contribution in [2.24, 2.45) is 0 Å². The quantitative estimate of drug-likeness (QED) is 0.373. The summed E-state index contributed by atoms with van der Waals surface area (Å²) < 4.78 is 1.78. The SMILES string of the molecule is CCn1cc(CNC(=O)c2cc(C(=O)N[C@H]3CCc4cc(-c5nn[nH]n5)ccc43)ncn2)cn1. The highest BCUT2D eigenvalue weighted by Gasteiger charge is 2.26. The van der Waals surface area contributed by atoms with E-state index in [2.05, 4.69) is 46.3 Å². The molecule has 1 aromatic carbocycles. The number of aryl methyl sites for hydroxylation is 2. The van der Waals surface area contributed by atoms with E-state index in [0.717, 1.165) is 41.6 Å². The minimum atomic E-state index is -0.388. The first-order valence-corrected chi connectivity index (χ1v) is 10.9. The van der Waals surface area contributed by atoms with Crippen LogP contribution in [0.1, 0.15) is 57.1 Å². The van der Waals surface area contributed by atoms with Gasteiger partial charge >= 0.3 is 0 Å². The molecule has 12 heteroatoms. The predicted octanol–water partition coefficient (Wildman–Crippen LogP) is 1.22. The molecule has 0 aliphatic heterocycles. The third-order valence-electron chi connectivity index (χ3n) is 5.73. The molecule has 1 aliphatic rings. The lowest BCUT2D eigenvalue weighted by molar-refractivity contribution is 0.0931. The summed E-state index contributed by atoms with van der Waals surface area (Å²) in [5.41, 5.74) is 4.18. The number of nitrogens with zero attached hydrogens (tertiary/aromatic N) is 7. The maximum Gasteiger partial charge on any atom is 0.270 e. The lowest BCUT2D eigenvalue weighted by Crippen LogP contribution is -2.29. The zero-order chi connectivity index (χ0) is 23.5. The Kier molecular flexibility index (Phi) is 5.77. The molecule has 3 heterocycles. The van der Waals surface area contributed by atoms with Gasteiger partial charge in [0, 0.05) is 36.5 Å². The Hall–Kier alpha value is -4.48. The molecule has 0 unspecified atom stereocenters. The highest BCUT2D eigenvalue weighted by atomic mass is 16.2. The zero-order valence-electron chi connectivity index (χ0n) is 18.4. The topological polar surface area (TPSA) is 156 Å². The van der Waals surface area contributed by atoms with E-state index in [-0.39, 0.29) is 29.2 Å². The monoisotopic (exact) mass is 458 g/mol. The summed E-state index contributed by atoms with van der Waals surface area (Å²) in [4.78, 5) is 33.5. The van der Waals surface area contributed by atoms with Crippen molar-refractivity contribution < 1.29 is 9.59 Å². The Balaban J connectivity index is 1.24. The number of hydrogen-bond acceptors (Lipinski definition) is 8. The molecule has 0 bridgehead atoms. The minimum Gasteiger partial charge on any atom is -0.347 e. The third kappa shape index (κ3) is 4.37. The summed E-state index contributed by atoms with van der Waals surface area (Å²) >= 11 is 0. The first-order valence-electron chi connectivity index (χ1n) is 10.9. The molecule has 5 rings (SSSR count). The van der Waals surface area contributed by atoms with Crippen LogP contribution in [0.4, 0.5) is 0 Å². The summed E-state index contributed by atoms with van der Waals surface area (Å²) in [6.07, 6.45) is 6.37. The summed E-state index contributed by atoms with van der Waals surface area (Å²) in [6, 6.07) is 7.15. The number of benzene rings is 1. The van der Waals surface area contributed by atoms with Gasteiger partial charge in [-0.25, -0.2) is 9.97 Å². The van der Waals surface area contributed by atoms with Crippen LogP contribution in [0.15, 0.2) is 43.0 Å². The average Bonchev–Trinajstić information content (AvgIpc) is 3.64. The molecule has 0 spiro atoms. The van der Waals surface area contributed by atoms with Crippen LogP contribution >= 0.6 is 0 Å². The van der Waals surface area contributed by atoms with Gasteiger partial charge in [-0.3, -0.25) is 14.3 Å². The molecular formula is C22H22N10O2. The number of tetrazole rings is 1.